The molecule has 1 aromatic heterocycles. The third-order valence-corrected chi connectivity index (χ3v) is 3.78. The Morgan fingerprint density at radius 2 is 2.13 bits per heavy atom. The average molecular weight is 310 g/mol. The van der Waals surface area contributed by atoms with E-state index in [4.69, 9.17) is 0 Å². The van der Waals surface area contributed by atoms with Gasteiger partial charge in [0.15, 0.2) is 0 Å². The molecule has 0 radical (unpaired) electrons. The molecule has 5 nitrogen and oxygen atoms in total. The van der Waals surface area contributed by atoms with Crippen LogP contribution in [0, 0.1) is 18.3 Å². The number of amides is 1. The van der Waals surface area contributed by atoms with Crippen LogP contribution in [0.5, 0.6) is 0 Å². The molecule has 0 unspecified atom stereocenters. The molecule has 0 saturated heterocycles. The highest BCUT2D eigenvalue weighted by molar-refractivity contribution is 5.76. The summed E-state index contributed by atoms with van der Waals surface area (Å²) in [5.41, 5.74) is 1.84. The zero-order chi connectivity index (χ0) is 16.8. The minimum Gasteiger partial charge on any atom is -0.337 e. The van der Waals surface area contributed by atoms with Crippen molar-refractivity contribution in [3.05, 3.63) is 53.6 Å². The molecule has 0 spiro atoms. The second-order valence-corrected chi connectivity index (χ2v) is 5.87. The first-order chi connectivity index (χ1) is 11.0. The standard InChI is InChI=1S/C18H22N4O/c1-13(2)18-20-9-11-22(18)10-8-17(23)21-16(12-19)15-7-5-4-6-14(15)3/h4-7,9,11,13,16H,8,10H2,1-3H3,(H,21,23)/t16-/m0/s1. The molecule has 1 heterocycles. The van der Waals surface area contributed by atoms with Crippen molar-refractivity contribution in [3.63, 3.8) is 0 Å². The van der Waals surface area contributed by atoms with Gasteiger partial charge in [-0.15, -0.1) is 0 Å². The van der Waals surface area contributed by atoms with Crippen LogP contribution in [0.3, 0.4) is 0 Å². The topological polar surface area (TPSA) is 70.7 Å². The normalized spacial score (nSPS) is 12.0. The number of rotatable bonds is 6. The Morgan fingerprint density at radius 1 is 1.39 bits per heavy atom. The Hall–Kier alpha value is -2.61. The van der Waals surface area contributed by atoms with E-state index in [1.807, 2.05) is 42.0 Å². The van der Waals surface area contributed by atoms with Crippen LogP contribution in [0.25, 0.3) is 0 Å². The highest BCUT2D eigenvalue weighted by Crippen LogP contribution is 2.17. The number of hydrogen-bond acceptors (Lipinski definition) is 3. The highest BCUT2D eigenvalue weighted by Gasteiger charge is 2.16. The van der Waals surface area contributed by atoms with Crippen LogP contribution >= 0.6 is 0 Å². The van der Waals surface area contributed by atoms with E-state index in [1.165, 1.54) is 0 Å². The van der Waals surface area contributed by atoms with E-state index in [9.17, 15) is 10.1 Å². The van der Waals surface area contributed by atoms with Gasteiger partial charge < -0.3 is 9.88 Å². The molecule has 0 saturated carbocycles. The fraction of sp³-hybridized carbons (Fsp3) is 0.389. The molecule has 2 rings (SSSR count). The fourth-order valence-corrected chi connectivity index (χ4v) is 2.56. The second kappa shape index (κ2) is 7.59. The van der Waals surface area contributed by atoms with Gasteiger partial charge in [-0.3, -0.25) is 4.79 Å². The van der Waals surface area contributed by atoms with Crippen molar-refractivity contribution in [2.24, 2.45) is 0 Å². The van der Waals surface area contributed by atoms with Crippen molar-refractivity contribution in [1.82, 2.24) is 14.9 Å². The summed E-state index contributed by atoms with van der Waals surface area (Å²) in [6.45, 7) is 6.64. The molecule has 120 valence electrons. The number of aromatic nitrogens is 2. The molecule has 23 heavy (non-hydrogen) atoms. The highest BCUT2D eigenvalue weighted by atomic mass is 16.1. The largest absolute Gasteiger partial charge is 0.337 e. The Morgan fingerprint density at radius 3 is 2.78 bits per heavy atom. The maximum atomic E-state index is 12.2. The maximum absolute atomic E-state index is 12.2. The molecule has 0 bridgehead atoms. The van der Waals surface area contributed by atoms with Crippen molar-refractivity contribution >= 4 is 5.91 Å². The SMILES string of the molecule is Cc1ccccc1[C@H](C#N)NC(=O)CCn1ccnc1C(C)C. The summed E-state index contributed by atoms with van der Waals surface area (Å²) in [6, 6.07) is 9.15. The average Bonchev–Trinajstić information content (AvgIpc) is 3.00. The Labute approximate surface area is 137 Å². The summed E-state index contributed by atoms with van der Waals surface area (Å²) in [4.78, 5) is 16.5. The van der Waals surface area contributed by atoms with Crippen molar-refractivity contribution in [2.45, 2.75) is 45.7 Å². The van der Waals surface area contributed by atoms with Gasteiger partial charge in [-0.1, -0.05) is 38.1 Å². The first-order valence-electron chi connectivity index (χ1n) is 7.78. The van der Waals surface area contributed by atoms with E-state index in [2.05, 4.69) is 30.2 Å². The van der Waals surface area contributed by atoms with E-state index in [0.717, 1.165) is 17.0 Å². The van der Waals surface area contributed by atoms with E-state index < -0.39 is 6.04 Å². The molecule has 2 aromatic rings. The number of benzene rings is 1. The number of aryl methyl sites for hydroxylation is 2. The van der Waals surface area contributed by atoms with Gasteiger partial charge in [-0.25, -0.2) is 4.98 Å². The predicted molar refractivity (Wildman–Crippen MR) is 88.6 cm³/mol. The number of nitriles is 1. The number of hydrogen-bond donors (Lipinski definition) is 1. The first kappa shape index (κ1) is 16.8. The van der Waals surface area contributed by atoms with E-state index in [-0.39, 0.29) is 5.91 Å². The monoisotopic (exact) mass is 310 g/mol. The second-order valence-electron chi connectivity index (χ2n) is 5.87. The lowest BCUT2D eigenvalue weighted by molar-refractivity contribution is -0.121. The molecule has 1 amide bonds. The third-order valence-electron chi connectivity index (χ3n) is 3.78. The van der Waals surface area contributed by atoms with Crippen LogP contribution in [0.1, 0.15) is 49.2 Å². The van der Waals surface area contributed by atoms with Crippen molar-refractivity contribution in [2.75, 3.05) is 0 Å². The zero-order valence-electron chi connectivity index (χ0n) is 13.8. The summed E-state index contributed by atoms with van der Waals surface area (Å²) >= 11 is 0. The molecule has 1 atom stereocenters. The van der Waals surface area contributed by atoms with E-state index >= 15 is 0 Å². The van der Waals surface area contributed by atoms with Crippen LogP contribution in [0.15, 0.2) is 36.7 Å². The third kappa shape index (κ3) is 4.19. The number of carbonyl (C=O) groups excluding carboxylic acids is 1. The quantitative estimate of drug-likeness (QED) is 0.891. The number of carbonyl (C=O) groups is 1. The first-order valence-corrected chi connectivity index (χ1v) is 7.78. The number of nitrogens with zero attached hydrogens (tertiary/aromatic N) is 3. The van der Waals surface area contributed by atoms with Crippen molar-refractivity contribution in [3.8, 4) is 6.07 Å². The van der Waals surface area contributed by atoms with Crippen LogP contribution in [0.4, 0.5) is 0 Å². The van der Waals surface area contributed by atoms with Crippen molar-refractivity contribution in [1.29, 1.82) is 5.26 Å². The van der Waals surface area contributed by atoms with E-state index in [1.54, 1.807) is 6.20 Å². The Balaban J connectivity index is 1.97. The van der Waals surface area contributed by atoms with Gasteiger partial charge in [0.2, 0.25) is 5.91 Å². The molecular weight excluding hydrogens is 288 g/mol. The van der Waals surface area contributed by atoms with Crippen LogP contribution in [-0.4, -0.2) is 15.5 Å². The molecule has 0 aliphatic carbocycles. The minimum atomic E-state index is -0.615. The Bertz CT molecular complexity index is 712. The summed E-state index contributed by atoms with van der Waals surface area (Å²) in [5, 5.41) is 12.1. The molecule has 1 N–H and O–H groups in total. The lowest BCUT2D eigenvalue weighted by Gasteiger charge is -2.15. The smallest absolute Gasteiger partial charge is 0.223 e. The Kier molecular flexibility index (Phi) is 5.53. The van der Waals surface area contributed by atoms with Gasteiger partial charge in [-0.05, 0) is 18.1 Å². The van der Waals surface area contributed by atoms with Gasteiger partial charge >= 0.3 is 0 Å². The van der Waals surface area contributed by atoms with Gasteiger partial charge in [0, 0.05) is 31.3 Å². The summed E-state index contributed by atoms with van der Waals surface area (Å²) in [5.74, 6) is 1.14. The fourth-order valence-electron chi connectivity index (χ4n) is 2.56. The predicted octanol–water partition coefficient (Wildman–Crippen LogP) is 3.09. The molecule has 0 fully saturated rings. The van der Waals surface area contributed by atoms with E-state index in [0.29, 0.717) is 18.9 Å². The number of nitrogens with one attached hydrogen (secondary N) is 1. The molecule has 0 aliphatic heterocycles. The maximum Gasteiger partial charge on any atom is 0.223 e. The molecule has 5 heteroatoms. The molecular formula is C18H22N4O. The van der Waals surface area contributed by atoms with Gasteiger partial charge in [-0.2, -0.15) is 5.26 Å². The lowest BCUT2D eigenvalue weighted by Crippen LogP contribution is -2.29. The van der Waals surface area contributed by atoms with Crippen LogP contribution in [0.2, 0.25) is 0 Å². The van der Waals surface area contributed by atoms with Gasteiger partial charge in [0.1, 0.15) is 11.9 Å². The summed E-state index contributed by atoms with van der Waals surface area (Å²) < 4.78 is 1.99. The zero-order valence-corrected chi connectivity index (χ0v) is 13.8. The van der Waals surface area contributed by atoms with Crippen LogP contribution in [-0.2, 0) is 11.3 Å². The van der Waals surface area contributed by atoms with Crippen LogP contribution < -0.4 is 5.32 Å². The van der Waals surface area contributed by atoms with Crippen molar-refractivity contribution < 1.29 is 4.79 Å². The molecule has 1 aromatic carbocycles. The lowest BCUT2D eigenvalue weighted by atomic mass is 10.0. The minimum absolute atomic E-state index is 0.136. The number of imidazole rings is 1. The van der Waals surface area contributed by atoms with Gasteiger partial charge in [0.25, 0.3) is 0 Å². The summed E-state index contributed by atoms with van der Waals surface area (Å²) in [6.07, 6.45) is 3.95. The molecule has 0 aliphatic rings. The van der Waals surface area contributed by atoms with Gasteiger partial charge in [0.05, 0.1) is 6.07 Å². The summed E-state index contributed by atoms with van der Waals surface area (Å²) in [7, 11) is 0.